The van der Waals surface area contributed by atoms with Crippen molar-refractivity contribution in [1.29, 1.82) is 0 Å². The fourth-order valence-corrected chi connectivity index (χ4v) is 4.68. The fraction of sp³-hybridized carbons (Fsp3) is 0.182. The molecule has 4 rings (SSSR count). The number of rotatable bonds is 5. The van der Waals surface area contributed by atoms with E-state index in [1.807, 2.05) is 25.1 Å². The van der Waals surface area contributed by atoms with Crippen molar-refractivity contribution < 1.29 is 5.11 Å². The van der Waals surface area contributed by atoms with E-state index in [0.717, 1.165) is 31.8 Å². The summed E-state index contributed by atoms with van der Waals surface area (Å²) >= 11 is 7.91. The van der Waals surface area contributed by atoms with E-state index in [4.69, 9.17) is 23.1 Å². The van der Waals surface area contributed by atoms with Crippen molar-refractivity contribution >= 4 is 38.8 Å². The molecule has 3 heterocycles. The minimum Gasteiger partial charge on any atom is -0.396 e. The predicted molar refractivity (Wildman–Crippen MR) is 120 cm³/mol. The zero-order chi connectivity index (χ0) is 20.5. The average Bonchev–Trinajstić information content (AvgIpc) is 3.19. The number of nitrogens with two attached hydrogens (primary N) is 2. The number of halogens is 1. The predicted octanol–water partition coefficient (Wildman–Crippen LogP) is 4.74. The van der Waals surface area contributed by atoms with Crippen LogP contribution in [0.4, 0.5) is 5.82 Å². The lowest BCUT2D eigenvalue weighted by molar-refractivity contribution is 0.273. The first-order chi connectivity index (χ1) is 14.0. The molecule has 0 amide bonds. The first-order valence-electron chi connectivity index (χ1n) is 9.25. The number of anilines is 1. The van der Waals surface area contributed by atoms with Crippen LogP contribution in [0.3, 0.4) is 0 Å². The van der Waals surface area contributed by atoms with Gasteiger partial charge in [-0.15, -0.1) is 11.3 Å². The maximum atomic E-state index is 9.48. The van der Waals surface area contributed by atoms with Gasteiger partial charge in [-0.05, 0) is 41.3 Å². The summed E-state index contributed by atoms with van der Waals surface area (Å²) in [6, 6.07) is 15.1. The maximum Gasteiger partial charge on any atom is 0.123 e. The Kier molecular flexibility index (Phi) is 5.52. The molecular weight excluding hydrogens is 404 g/mol. The lowest BCUT2D eigenvalue weighted by Gasteiger charge is -2.11. The van der Waals surface area contributed by atoms with Gasteiger partial charge in [-0.2, -0.15) is 0 Å². The zero-order valence-electron chi connectivity index (χ0n) is 15.8. The number of nitrogens with zero attached hydrogens (tertiary/aromatic N) is 2. The van der Waals surface area contributed by atoms with E-state index >= 15 is 0 Å². The summed E-state index contributed by atoms with van der Waals surface area (Å²) in [5.74, 6) is 0.445. The van der Waals surface area contributed by atoms with Gasteiger partial charge in [-0.1, -0.05) is 36.7 Å². The molecule has 148 valence electrons. The van der Waals surface area contributed by atoms with Crippen molar-refractivity contribution in [3.05, 3.63) is 75.9 Å². The Hall–Kier alpha value is -2.51. The molecule has 4 aromatic rings. The number of aromatic nitrogens is 2. The number of aliphatic hydroxyl groups excluding tert-OH is 1. The van der Waals surface area contributed by atoms with Crippen molar-refractivity contribution in [2.75, 3.05) is 12.3 Å². The van der Waals surface area contributed by atoms with Gasteiger partial charge in [0.2, 0.25) is 0 Å². The number of pyridine rings is 2. The normalized spacial score (nSPS) is 13.5. The molecule has 29 heavy (non-hydrogen) atoms. The second-order valence-electron chi connectivity index (χ2n) is 7.01. The number of fused-ring (bicyclic) bond motifs is 1. The molecule has 0 radical (unpaired) electrons. The topological polar surface area (TPSA) is 98.0 Å². The summed E-state index contributed by atoms with van der Waals surface area (Å²) < 4.78 is 1.10. The van der Waals surface area contributed by atoms with Gasteiger partial charge in [-0.25, -0.2) is 4.98 Å². The lowest BCUT2D eigenvalue weighted by atomic mass is 10.0. The molecule has 0 saturated carbocycles. The Morgan fingerprint density at radius 3 is 2.79 bits per heavy atom. The Balaban J connectivity index is 1.79. The van der Waals surface area contributed by atoms with E-state index in [-0.39, 0.29) is 12.5 Å². The molecule has 5 nitrogen and oxygen atoms in total. The van der Waals surface area contributed by atoms with Crippen LogP contribution in [0.2, 0.25) is 5.02 Å². The quantitative estimate of drug-likeness (QED) is 0.430. The molecule has 2 atom stereocenters. The van der Waals surface area contributed by atoms with Crippen molar-refractivity contribution in [3.63, 3.8) is 0 Å². The first-order valence-corrected chi connectivity index (χ1v) is 10.4. The smallest absolute Gasteiger partial charge is 0.123 e. The third kappa shape index (κ3) is 3.84. The van der Waals surface area contributed by atoms with Crippen LogP contribution in [0.5, 0.6) is 0 Å². The number of hydrogen-bond acceptors (Lipinski definition) is 6. The van der Waals surface area contributed by atoms with E-state index in [9.17, 15) is 5.11 Å². The summed E-state index contributed by atoms with van der Waals surface area (Å²) in [5.41, 5.74) is 15.8. The van der Waals surface area contributed by atoms with Gasteiger partial charge >= 0.3 is 0 Å². The summed E-state index contributed by atoms with van der Waals surface area (Å²) in [7, 11) is 0. The summed E-state index contributed by atoms with van der Waals surface area (Å²) in [4.78, 5) is 9.84. The minimum absolute atomic E-state index is 0.0556. The van der Waals surface area contributed by atoms with Gasteiger partial charge in [0.05, 0.1) is 22.5 Å². The summed E-state index contributed by atoms with van der Waals surface area (Å²) in [6.07, 6.45) is 1.78. The van der Waals surface area contributed by atoms with Crippen LogP contribution in [-0.2, 0) is 0 Å². The van der Waals surface area contributed by atoms with Gasteiger partial charge < -0.3 is 16.6 Å². The third-order valence-electron chi connectivity index (χ3n) is 4.96. The number of benzene rings is 1. The third-order valence-corrected chi connectivity index (χ3v) is 6.55. The zero-order valence-corrected chi connectivity index (χ0v) is 17.4. The molecule has 2 unspecified atom stereocenters. The monoisotopic (exact) mass is 424 g/mol. The highest BCUT2D eigenvalue weighted by molar-refractivity contribution is 7.19. The van der Waals surface area contributed by atoms with E-state index in [1.165, 1.54) is 0 Å². The standard InChI is InChI=1S/C22H21ClN4OS/c1-12(11-28)13-7-8-26-17(9-13)15-4-2-3-14-10-18(29-22(14)15)20(25)21-16(23)5-6-19(24)27-21/h2-10,12,20,28H,11,25H2,1H3,(H2,24,27). The SMILES string of the molecule is CC(CO)c1ccnc(-c2cccc3cc(C(N)c4nc(N)ccc4Cl)sc23)c1. The lowest BCUT2D eigenvalue weighted by Crippen LogP contribution is -2.13. The van der Waals surface area contributed by atoms with Crippen LogP contribution < -0.4 is 11.5 Å². The fourth-order valence-electron chi connectivity index (χ4n) is 3.27. The molecule has 0 bridgehead atoms. The number of nitrogen functional groups attached to an aromatic ring is 1. The molecule has 0 aliphatic heterocycles. The highest BCUT2D eigenvalue weighted by Gasteiger charge is 2.19. The van der Waals surface area contributed by atoms with Crippen molar-refractivity contribution in [2.24, 2.45) is 5.73 Å². The molecule has 0 aliphatic rings. The van der Waals surface area contributed by atoms with E-state index in [1.54, 1.807) is 29.7 Å². The van der Waals surface area contributed by atoms with E-state index < -0.39 is 6.04 Å². The van der Waals surface area contributed by atoms with Crippen molar-refractivity contribution in [1.82, 2.24) is 9.97 Å². The van der Waals surface area contributed by atoms with Crippen molar-refractivity contribution in [2.45, 2.75) is 18.9 Å². The molecule has 0 saturated heterocycles. The van der Waals surface area contributed by atoms with Gasteiger partial charge in [0.25, 0.3) is 0 Å². The van der Waals surface area contributed by atoms with Gasteiger partial charge in [0, 0.05) is 33.9 Å². The van der Waals surface area contributed by atoms with E-state index in [0.29, 0.717) is 16.5 Å². The van der Waals surface area contributed by atoms with Gasteiger partial charge in [-0.3, -0.25) is 4.98 Å². The molecule has 5 N–H and O–H groups in total. The molecule has 1 aromatic carbocycles. The molecule has 0 spiro atoms. The Bertz CT molecular complexity index is 1180. The average molecular weight is 425 g/mol. The van der Waals surface area contributed by atoms with Crippen molar-refractivity contribution in [3.8, 4) is 11.3 Å². The highest BCUT2D eigenvalue weighted by atomic mass is 35.5. The molecule has 0 aliphatic carbocycles. The molecule has 7 heteroatoms. The summed E-state index contributed by atoms with van der Waals surface area (Å²) in [6.45, 7) is 2.09. The van der Waals surface area contributed by atoms with Gasteiger partial charge in [0.1, 0.15) is 5.82 Å². The van der Waals surface area contributed by atoms with Crippen LogP contribution in [0.1, 0.15) is 35.0 Å². The number of hydrogen-bond donors (Lipinski definition) is 3. The number of thiophene rings is 1. The second-order valence-corrected chi connectivity index (χ2v) is 8.50. The Labute approximate surface area is 178 Å². The first kappa shape index (κ1) is 19.8. The van der Waals surface area contributed by atoms with Gasteiger partial charge in [0.15, 0.2) is 0 Å². The highest BCUT2D eigenvalue weighted by Crippen LogP contribution is 2.38. The molecule has 0 fully saturated rings. The Morgan fingerprint density at radius 1 is 1.17 bits per heavy atom. The van der Waals surface area contributed by atoms with Crippen LogP contribution in [0.15, 0.2) is 54.7 Å². The van der Waals surface area contributed by atoms with Crippen LogP contribution in [0, 0.1) is 0 Å². The minimum atomic E-state index is -0.468. The Morgan fingerprint density at radius 2 is 2.00 bits per heavy atom. The van der Waals surface area contributed by atoms with E-state index in [2.05, 4.69) is 28.2 Å². The van der Waals surface area contributed by atoms with Crippen LogP contribution >= 0.6 is 22.9 Å². The molecule has 3 aromatic heterocycles. The largest absolute Gasteiger partial charge is 0.396 e. The van der Waals surface area contributed by atoms with Crippen LogP contribution in [0.25, 0.3) is 21.3 Å². The summed E-state index contributed by atoms with van der Waals surface area (Å²) in [5, 5.41) is 11.1. The number of aliphatic hydroxyl groups is 1. The van der Waals surface area contributed by atoms with Crippen LogP contribution in [-0.4, -0.2) is 21.7 Å². The second kappa shape index (κ2) is 8.08. The molecular formula is C22H21ClN4OS. The maximum absolute atomic E-state index is 9.48.